The van der Waals surface area contributed by atoms with Gasteiger partial charge in [-0.15, -0.1) is 0 Å². The van der Waals surface area contributed by atoms with Crippen LogP contribution in [0.1, 0.15) is 33.2 Å². The highest BCUT2D eigenvalue weighted by atomic mass is 16.5. The number of nitrogens with zero attached hydrogens (tertiary/aromatic N) is 1. The lowest BCUT2D eigenvalue weighted by molar-refractivity contribution is -0.136. The van der Waals surface area contributed by atoms with Crippen LogP contribution in [0.4, 0.5) is 11.4 Å². The van der Waals surface area contributed by atoms with Gasteiger partial charge in [-0.1, -0.05) is 12.1 Å². The zero-order valence-electron chi connectivity index (χ0n) is 23.3. The summed E-state index contributed by atoms with van der Waals surface area (Å²) in [5.74, 6) is -1.45. The average Bonchev–Trinajstić information content (AvgIpc) is 3.03. The number of benzene rings is 4. The predicted octanol–water partition coefficient (Wildman–Crippen LogP) is 4.65. The third-order valence-electron chi connectivity index (χ3n) is 5.85. The number of hydrazone groups is 1. The highest BCUT2D eigenvalue weighted by Crippen LogP contribution is 2.20. The highest BCUT2D eigenvalue weighted by molar-refractivity contribution is 6.40. The van der Waals surface area contributed by atoms with Gasteiger partial charge in [0.1, 0.15) is 17.2 Å². The smallest absolute Gasteiger partial charge is 0.343 e. The summed E-state index contributed by atoms with van der Waals surface area (Å²) in [4.78, 5) is 50.0. The fourth-order valence-corrected chi connectivity index (χ4v) is 3.70. The minimum Gasteiger partial charge on any atom is -0.497 e. The number of rotatable bonds is 10. The van der Waals surface area contributed by atoms with E-state index in [0.717, 1.165) is 0 Å². The minimum atomic E-state index is -1.04. The fraction of sp³-hybridized carbons (Fsp3) is 0.0938. The van der Waals surface area contributed by atoms with E-state index in [1.54, 1.807) is 84.9 Å². The van der Waals surface area contributed by atoms with Crippen molar-refractivity contribution < 1.29 is 33.4 Å². The Morgan fingerprint density at radius 2 is 1.40 bits per heavy atom. The summed E-state index contributed by atoms with van der Waals surface area (Å²) in [7, 11) is 1.53. The summed E-state index contributed by atoms with van der Waals surface area (Å²) in [5.41, 5.74) is 3.92. The number of hydrogen-bond donors (Lipinski definition) is 3. The van der Waals surface area contributed by atoms with E-state index in [2.05, 4.69) is 21.2 Å². The molecule has 218 valence electrons. The Morgan fingerprint density at radius 3 is 2.07 bits per heavy atom. The second-order valence-electron chi connectivity index (χ2n) is 8.80. The van der Waals surface area contributed by atoms with Gasteiger partial charge in [0, 0.05) is 5.69 Å². The van der Waals surface area contributed by atoms with Crippen LogP contribution in [0.2, 0.25) is 0 Å². The first-order chi connectivity index (χ1) is 20.9. The largest absolute Gasteiger partial charge is 0.497 e. The average molecular weight is 581 g/mol. The normalized spacial score (nSPS) is 10.5. The van der Waals surface area contributed by atoms with Crippen LogP contribution < -0.4 is 30.3 Å². The van der Waals surface area contributed by atoms with Crippen LogP contribution in [0.25, 0.3) is 0 Å². The molecule has 0 saturated carbocycles. The third kappa shape index (κ3) is 8.51. The Hall–Kier alpha value is -5.97. The molecule has 4 aromatic rings. The zero-order chi connectivity index (χ0) is 30.6. The quantitative estimate of drug-likeness (QED) is 0.0814. The molecule has 0 aromatic heterocycles. The molecule has 11 nitrogen and oxygen atoms in total. The molecule has 0 aliphatic carbocycles. The van der Waals surface area contributed by atoms with E-state index in [1.165, 1.54) is 25.5 Å². The molecule has 11 heteroatoms. The van der Waals surface area contributed by atoms with Crippen LogP contribution >= 0.6 is 0 Å². The molecule has 0 heterocycles. The number of nitrogens with one attached hydrogen (secondary N) is 3. The zero-order valence-corrected chi connectivity index (χ0v) is 23.3. The van der Waals surface area contributed by atoms with E-state index >= 15 is 0 Å². The number of ether oxygens (including phenoxy) is 3. The molecular weight excluding hydrogens is 552 g/mol. The Kier molecular flexibility index (Phi) is 10.2. The predicted molar refractivity (Wildman–Crippen MR) is 161 cm³/mol. The van der Waals surface area contributed by atoms with E-state index in [-0.39, 0.29) is 11.3 Å². The van der Waals surface area contributed by atoms with Crippen molar-refractivity contribution in [3.63, 3.8) is 0 Å². The minimum absolute atomic E-state index is 0.148. The van der Waals surface area contributed by atoms with Crippen LogP contribution in [0.5, 0.6) is 17.2 Å². The van der Waals surface area contributed by atoms with Crippen LogP contribution in [-0.2, 0) is 9.59 Å². The molecule has 4 aromatic carbocycles. The number of anilines is 2. The van der Waals surface area contributed by atoms with E-state index in [9.17, 15) is 19.2 Å². The van der Waals surface area contributed by atoms with Crippen molar-refractivity contribution >= 4 is 41.3 Å². The number of hydrogen-bond acceptors (Lipinski definition) is 8. The van der Waals surface area contributed by atoms with Gasteiger partial charge in [0.2, 0.25) is 0 Å². The van der Waals surface area contributed by atoms with Crippen molar-refractivity contribution in [3.05, 3.63) is 114 Å². The number of esters is 1. The van der Waals surface area contributed by atoms with Gasteiger partial charge in [-0.25, -0.2) is 10.2 Å². The maximum Gasteiger partial charge on any atom is 0.343 e. The van der Waals surface area contributed by atoms with E-state index in [1.807, 2.05) is 6.92 Å². The van der Waals surface area contributed by atoms with Gasteiger partial charge in [-0.05, 0) is 97.4 Å². The number of methoxy groups -OCH3 is 1. The Bertz CT molecular complexity index is 1620. The lowest BCUT2D eigenvalue weighted by Crippen LogP contribution is -2.33. The van der Waals surface area contributed by atoms with Crippen molar-refractivity contribution in [3.8, 4) is 17.2 Å². The first kappa shape index (κ1) is 30.0. The number of amides is 3. The van der Waals surface area contributed by atoms with Gasteiger partial charge in [0.05, 0.1) is 36.7 Å². The fourth-order valence-electron chi connectivity index (χ4n) is 3.70. The van der Waals surface area contributed by atoms with Crippen LogP contribution in [0.3, 0.4) is 0 Å². The number of para-hydroxylation sites is 1. The number of carbonyl (C=O) groups excluding carboxylic acids is 4. The molecule has 0 unspecified atom stereocenters. The molecule has 0 fully saturated rings. The van der Waals surface area contributed by atoms with Gasteiger partial charge in [0.25, 0.3) is 5.91 Å². The second kappa shape index (κ2) is 14.6. The Morgan fingerprint density at radius 1 is 0.744 bits per heavy atom. The summed E-state index contributed by atoms with van der Waals surface area (Å²) < 4.78 is 15.8. The molecule has 43 heavy (non-hydrogen) atoms. The van der Waals surface area contributed by atoms with Gasteiger partial charge >= 0.3 is 17.8 Å². The summed E-state index contributed by atoms with van der Waals surface area (Å²) in [5, 5.41) is 8.98. The van der Waals surface area contributed by atoms with Gasteiger partial charge < -0.3 is 24.8 Å². The lowest BCUT2D eigenvalue weighted by Gasteiger charge is -2.11. The Labute approximate surface area is 247 Å². The molecule has 0 saturated heterocycles. The first-order valence-electron chi connectivity index (χ1n) is 13.1. The van der Waals surface area contributed by atoms with Crippen LogP contribution in [0, 0.1) is 0 Å². The summed E-state index contributed by atoms with van der Waals surface area (Å²) >= 11 is 0. The van der Waals surface area contributed by atoms with E-state index in [0.29, 0.717) is 40.7 Å². The third-order valence-corrected chi connectivity index (χ3v) is 5.85. The monoisotopic (exact) mass is 580 g/mol. The highest BCUT2D eigenvalue weighted by Gasteiger charge is 2.18. The van der Waals surface area contributed by atoms with Crippen molar-refractivity contribution in [2.24, 2.45) is 5.10 Å². The SMILES string of the molecule is CCOc1ccc(NC(=O)c2ccccc2NC(=O)C(=O)NN=Cc2ccc(OC(=O)c3ccc(OC)cc3)cc2)cc1. The van der Waals surface area contributed by atoms with Crippen molar-refractivity contribution in [2.45, 2.75) is 6.92 Å². The van der Waals surface area contributed by atoms with Gasteiger partial charge in [0.15, 0.2) is 0 Å². The number of carbonyl (C=O) groups is 4. The molecule has 0 aliphatic heterocycles. The standard InChI is InChI=1S/C32H28N4O7/c1-3-42-25-18-12-23(13-19-25)34-29(37)27-6-4-5-7-28(27)35-30(38)31(39)36-33-20-21-8-14-26(15-9-21)43-32(40)22-10-16-24(41-2)17-11-22/h4-20H,3H2,1-2H3,(H,34,37)(H,35,38)(H,36,39). The van der Waals surface area contributed by atoms with Gasteiger partial charge in [-0.2, -0.15) is 5.10 Å². The topological polar surface area (TPSA) is 144 Å². The molecule has 3 N–H and O–H groups in total. The maximum absolute atomic E-state index is 12.9. The summed E-state index contributed by atoms with van der Waals surface area (Å²) in [6, 6.07) is 26.0. The summed E-state index contributed by atoms with van der Waals surface area (Å²) in [6.07, 6.45) is 1.32. The van der Waals surface area contributed by atoms with Crippen molar-refractivity contribution in [2.75, 3.05) is 24.4 Å². The molecule has 3 amide bonds. The summed E-state index contributed by atoms with van der Waals surface area (Å²) in [6.45, 7) is 2.40. The molecule has 0 bridgehead atoms. The Balaban J connectivity index is 1.29. The van der Waals surface area contributed by atoms with Crippen LogP contribution in [0.15, 0.2) is 102 Å². The maximum atomic E-state index is 12.9. The van der Waals surface area contributed by atoms with Crippen molar-refractivity contribution in [1.29, 1.82) is 0 Å². The molecule has 4 rings (SSSR count). The molecule has 0 spiro atoms. The molecule has 0 aliphatic rings. The molecule has 0 atom stereocenters. The molecular formula is C32H28N4O7. The molecule has 0 radical (unpaired) electrons. The van der Waals surface area contributed by atoms with Crippen LogP contribution in [-0.4, -0.2) is 43.6 Å². The van der Waals surface area contributed by atoms with Crippen molar-refractivity contribution in [1.82, 2.24) is 5.43 Å². The van der Waals surface area contributed by atoms with E-state index in [4.69, 9.17) is 14.2 Å². The second-order valence-corrected chi connectivity index (χ2v) is 8.80. The van der Waals surface area contributed by atoms with E-state index < -0.39 is 23.7 Å². The first-order valence-corrected chi connectivity index (χ1v) is 13.1. The van der Waals surface area contributed by atoms with Gasteiger partial charge in [-0.3, -0.25) is 14.4 Å². The lowest BCUT2D eigenvalue weighted by atomic mass is 10.1.